The van der Waals surface area contributed by atoms with Crippen LogP contribution in [0.1, 0.15) is 130 Å². The summed E-state index contributed by atoms with van der Waals surface area (Å²) in [6.07, 6.45) is 4.70. The van der Waals surface area contributed by atoms with Gasteiger partial charge in [-0.05, 0) is 164 Å². The first-order valence-electron chi connectivity index (χ1n) is 27.1. The highest BCUT2D eigenvalue weighted by Crippen LogP contribution is 2.62. The largest absolute Gasteiger partial charge is 0.334 e. The molecule has 1 fully saturated rings. The lowest BCUT2D eigenvalue weighted by Gasteiger charge is -2.51. The minimum Gasteiger partial charge on any atom is -0.334 e. The number of para-hydroxylation sites is 1. The van der Waals surface area contributed by atoms with Crippen LogP contribution in [0.4, 0.5) is 45.5 Å². The van der Waals surface area contributed by atoms with E-state index in [9.17, 15) is 0 Å². The van der Waals surface area contributed by atoms with Crippen molar-refractivity contribution < 1.29 is 0 Å². The molecule has 4 aliphatic rings. The molecule has 12 rings (SSSR count). The molecule has 1 saturated carbocycles. The predicted octanol–water partition coefficient (Wildman–Crippen LogP) is 17.0. The molecule has 366 valence electrons. The maximum Gasteiger partial charge on any atom is 0.252 e. The third-order valence-electron chi connectivity index (χ3n) is 17.8. The summed E-state index contributed by atoms with van der Waals surface area (Å²) >= 11 is 0. The lowest BCUT2D eigenvalue weighted by molar-refractivity contribution is 0.195. The van der Waals surface area contributed by atoms with Crippen LogP contribution in [-0.4, -0.2) is 12.3 Å². The summed E-state index contributed by atoms with van der Waals surface area (Å²) in [5, 5.41) is 0. The van der Waals surface area contributed by atoms with E-state index in [1.807, 2.05) is 0 Å². The highest BCUT2D eigenvalue weighted by Gasteiger charge is 2.58. The molecule has 8 aromatic rings. The molecule has 0 N–H and O–H groups in total. The second-order valence-corrected chi connectivity index (χ2v) is 25.4. The summed E-state index contributed by atoms with van der Waals surface area (Å²) in [4.78, 5) is 8.13. The van der Waals surface area contributed by atoms with Gasteiger partial charge >= 0.3 is 0 Å². The SMILES string of the molecule is Cc1ccccc1-c1ccc2c(c1)C1(C)CCCCC1(C)N2c1cc2c3c(c1)N(c1ccc(C(C)(C)C)cc1-c1ccccc1)c1ccccc1B3c1ccc(C(C)(C)C)cc1N2c1cccc(C(C)(C)C)c1. The monoisotopic (exact) mass is 954 g/mol. The molecule has 0 amide bonds. The number of aryl methyl sites for hydroxylation is 1. The van der Waals surface area contributed by atoms with Crippen molar-refractivity contribution >= 4 is 68.6 Å². The summed E-state index contributed by atoms with van der Waals surface area (Å²) in [5.74, 6) is 0. The summed E-state index contributed by atoms with van der Waals surface area (Å²) in [7, 11) is 0. The Labute approximate surface area is 437 Å². The Balaban J connectivity index is 1.21. The van der Waals surface area contributed by atoms with Crippen molar-refractivity contribution in [2.24, 2.45) is 0 Å². The van der Waals surface area contributed by atoms with Crippen molar-refractivity contribution in [1.82, 2.24) is 0 Å². The quantitative estimate of drug-likeness (QED) is 0.159. The van der Waals surface area contributed by atoms with E-state index in [1.54, 1.807) is 0 Å². The van der Waals surface area contributed by atoms with Gasteiger partial charge in [-0.1, -0.05) is 191 Å². The molecule has 3 heterocycles. The molecule has 73 heavy (non-hydrogen) atoms. The number of benzene rings is 8. The van der Waals surface area contributed by atoms with E-state index in [0.717, 1.165) is 12.8 Å². The van der Waals surface area contributed by atoms with Crippen molar-refractivity contribution in [2.75, 3.05) is 14.7 Å². The fourth-order valence-corrected chi connectivity index (χ4v) is 13.4. The molecule has 3 aliphatic heterocycles. The van der Waals surface area contributed by atoms with E-state index in [-0.39, 0.29) is 33.9 Å². The first kappa shape index (κ1) is 47.2. The zero-order valence-corrected chi connectivity index (χ0v) is 45.4. The van der Waals surface area contributed by atoms with Crippen molar-refractivity contribution in [2.45, 2.75) is 136 Å². The van der Waals surface area contributed by atoms with E-state index in [4.69, 9.17) is 0 Å². The molecular weight excluding hydrogens is 882 g/mol. The van der Waals surface area contributed by atoms with Gasteiger partial charge in [-0.15, -0.1) is 0 Å². The smallest absolute Gasteiger partial charge is 0.252 e. The van der Waals surface area contributed by atoms with Crippen LogP contribution in [-0.2, 0) is 21.7 Å². The number of hydrogen-bond donors (Lipinski definition) is 0. The summed E-state index contributed by atoms with van der Waals surface area (Å²) in [6, 6.07) is 66.1. The minimum atomic E-state index is -0.178. The standard InChI is InChI=1S/C69H72BN3/c1-45-23-16-17-28-53(45)47-31-35-59-55(39-47)68(11)37-20-21-38-69(68,12)73(59)52-43-62-64-63(44-52)72(58-36-33-49(66(5,6)7)41-54(58)46-24-14-13-15-25-46)60-30-19-18-29-56(60)70(64)57-34-32-50(67(8,9)10)42-61(57)71(62)51-27-22-26-48(40-51)65(2,3)4/h13-19,22-36,39-44H,20-21,37-38H2,1-12H3. The van der Waals surface area contributed by atoms with E-state index < -0.39 is 0 Å². The van der Waals surface area contributed by atoms with E-state index >= 15 is 0 Å². The molecule has 8 aromatic carbocycles. The molecular formula is C69H72BN3. The van der Waals surface area contributed by atoms with Gasteiger partial charge in [0.1, 0.15) is 0 Å². The van der Waals surface area contributed by atoms with Crippen LogP contribution in [0.3, 0.4) is 0 Å². The second kappa shape index (κ2) is 16.6. The normalized spacial score (nSPS) is 19.0. The maximum atomic E-state index is 2.82. The molecule has 0 aromatic heterocycles. The zero-order chi connectivity index (χ0) is 51.0. The van der Waals surface area contributed by atoms with Crippen LogP contribution in [0, 0.1) is 6.92 Å². The number of fused-ring (bicyclic) bond motifs is 7. The summed E-state index contributed by atoms with van der Waals surface area (Å²) in [5.41, 5.74) is 25.5. The van der Waals surface area contributed by atoms with Crippen LogP contribution in [0.5, 0.6) is 0 Å². The molecule has 0 bridgehead atoms. The van der Waals surface area contributed by atoms with Gasteiger partial charge in [0.15, 0.2) is 0 Å². The minimum absolute atomic E-state index is 0.00431. The van der Waals surface area contributed by atoms with E-state index in [2.05, 4.69) is 268 Å². The fraction of sp³-hybridized carbons (Fsp3) is 0.304. The van der Waals surface area contributed by atoms with Crippen LogP contribution in [0.15, 0.2) is 170 Å². The summed E-state index contributed by atoms with van der Waals surface area (Å²) in [6.45, 7) is 28.5. The second-order valence-electron chi connectivity index (χ2n) is 25.4. The van der Waals surface area contributed by atoms with Gasteiger partial charge in [0.2, 0.25) is 0 Å². The fourth-order valence-electron chi connectivity index (χ4n) is 13.4. The van der Waals surface area contributed by atoms with E-state index in [0.29, 0.717) is 0 Å². The number of anilines is 8. The van der Waals surface area contributed by atoms with Gasteiger partial charge in [0.05, 0.1) is 11.2 Å². The zero-order valence-electron chi connectivity index (χ0n) is 45.4. The first-order chi connectivity index (χ1) is 34.8. The number of nitrogens with zero attached hydrogens (tertiary/aromatic N) is 3. The van der Waals surface area contributed by atoms with Gasteiger partial charge in [0.25, 0.3) is 6.71 Å². The molecule has 4 heteroatoms. The van der Waals surface area contributed by atoms with Crippen molar-refractivity contribution in [3.05, 3.63) is 198 Å². The summed E-state index contributed by atoms with van der Waals surface area (Å²) < 4.78 is 0. The van der Waals surface area contributed by atoms with Crippen molar-refractivity contribution in [3.8, 4) is 22.3 Å². The Morgan fingerprint density at radius 2 is 1.04 bits per heavy atom. The average molecular weight is 954 g/mol. The molecule has 0 spiro atoms. The van der Waals surface area contributed by atoms with Gasteiger partial charge < -0.3 is 14.7 Å². The van der Waals surface area contributed by atoms with Crippen LogP contribution in [0.2, 0.25) is 0 Å². The Bertz CT molecular complexity index is 3490. The number of rotatable bonds is 5. The molecule has 2 unspecified atom stereocenters. The van der Waals surface area contributed by atoms with Crippen LogP contribution < -0.4 is 31.1 Å². The highest BCUT2D eigenvalue weighted by molar-refractivity contribution is 7.00. The predicted molar refractivity (Wildman–Crippen MR) is 315 cm³/mol. The Morgan fingerprint density at radius 1 is 0.425 bits per heavy atom. The topological polar surface area (TPSA) is 9.72 Å². The molecule has 3 nitrogen and oxygen atoms in total. The van der Waals surface area contributed by atoms with Crippen LogP contribution >= 0.6 is 0 Å². The first-order valence-corrected chi connectivity index (χ1v) is 27.1. The number of hydrogen-bond acceptors (Lipinski definition) is 3. The van der Waals surface area contributed by atoms with E-state index in [1.165, 1.54) is 125 Å². The molecule has 2 atom stereocenters. The molecule has 0 saturated heterocycles. The molecule has 0 radical (unpaired) electrons. The van der Waals surface area contributed by atoms with Gasteiger partial charge in [0, 0.05) is 50.8 Å². The average Bonchev–Trinajstić information content (AvgIpc) is 3.57. The molecule has 1 aliphatic carbocycles. The highest BCUT2D eigenvalue weighted by atomic mass is 15.3. The van der Waals surface area contributed by atoms with Gasteiger partial charge in [-0.3, -0.25) is 0 Å². The van der Waals surface area contributed by atoms with Crippen molar-refractivity contribution in [1.29, 1.82) is 0 Å². The van der Waals surface area contributed by atoms with Crippen molar-refractivity contribution in [3.63, 3.8) is 0 Å². The maximum absolute atomic E-state index is 2.82. The van der Waals surface area contributed by atoms with Crippen LogP contribution in [0.25, 0.3) is 22.3 Å². The lowest BCUT2D eigenvalue weighted by atomic mass is 9.33. The Hall–Kier alpha value is -6.78. The Morgan fingerprint density at radius 3 is 1.78 bits per heavy atom. The van der Waals surface area contributed by atoms with Gasteiger partial charge in [-0.2, -0.15) is 0 Å². The third kappa shape index (κ3) is 7.36. The lowest BCUT2D eigenvalue weighted by Crippen LogP contribution is -2.61. The third-order valence-corrected chi connectivity index (χ3v) is 17.8. The van der Waals surface area contributed by atoms with Gasteiger partial charge in [-0.25, -0.2) is 0 Å². The Kier molecular flexibility index (Phi) is 10.8.